The fraction of sp³-hybridized carbons (Fsp3) is 0.353. The summed E-state index contributed by atoms with van der Waals surface area (Å²) < 4.78 is 1.64. The number of nitrogens with one attached hydrogen (secondary N) is 1. The molecule has 2 aromatic heterocycles. The number of carbonyl (C=O) groups is 1. The average molecular weight is 296 g/mol. The molecule has 2 aromatic rings. The van der Waals surface area contributed by atoms with Gasteiger partial charge in [-0.2, -0.15) is 5.10 Å². The van der Waals surface area contributed by atoms with E-state index in [4.69, 9.17) is 0 Å². The molecule has 114 valence electrons. The third-order valence-electron chi connectivity index (χ3n) is 3.95. The highest BCUT2D eigenvalue weighted by atomic mass is 16.1. The minimum Gasteiger partial charge on any atom is -0.305 e. The van der Waals surface area contributed by atoms with E-state index >= 15 is 0 Å². The number of allylic oxidation sites excluding steroid dienone is 2. The van der Waals surface area contributed by atoms with E-state index < -0.39 is 0 Å². The van der Waals surface area contributed by atoms with Gasteiger partial charge in [0.25, 0.3) is 5.91 Å². The molecule has 1 amide bonds. The molecule has 22 heavy (non-hydrogen) atoms. The molecule has 0 bridgehead atoms. The molecule has 5 heteroatoms. The fourth-order valence-corrected chi connectivity index (χ4v) is 2.51. The average Bonchev–Trinajstić information content (AvgIpc) is 2.88. The van der Waals surface area contributed by atoms with Crippen molar-refractivity contribution in [3.63, 3.8) is 0 Å². The zero-order valence-electron chi connectivity index (χ0n) is 13.1. The van der Waals surface area contributed by atoms with Gasteiger partial charge >= 0.3 is 0 Å². The monoisotopic (exact) mass is 296 g/mol. The molecule has 1 aliphatic rings. The molecule has 0 aromatic carbocycles. The minimum atomic E-state index is -0.132. The molecule has 0 aliphatic heterocycles. The van der Waals surface area contributed by atoms with Crippen LogP contribution < -0.4 is 5.32 Å². The van der Waals surface area contributed by atoms with E-state index in [2.05, 4.69) is 42.2 Å². The molecule has 0 fully saturated rings. The van der Waals surface area contributed by atoms with Gasteiger partial charge in [-0.3, -0.25) is 4.79 Å². The number of carbonyl (C=O) groups excluding carboxylic acids is 1. The molecule has 5 nitrogen and oxygen atoms in total. The van der Waals surface area contributed by atoms with Crippen LogP contribution in [0.1, 0.15) is 27.2 Å². The van der Waals surface area contributed by atoms with Crippen LogP contribution in [0.25, 0.3) is 5.65 Å². The summed E-state index contributed by atoms with van der Waals surface area (Å²) in [5.41, 5.74) is 1.60. The van der Waals surface area contributed by atoms with Crippen LogP contribution in [0.4, 0.5) is 5.82 Å². The molecule has 1 unspecified atom stereocenters. The van der Waals surface area contributed by atoms with Crippen molar-refractivity contribution in [3.05, 3.63) is 48.3 Å². The zero-order valence-corrected chi connectivity index (χ0v) is 13.1. The van der Waals surface area contributed by atoms with Gasteiger partial charge in [0.15, 0.2) is 11.5 Å². The van der Waals surface area contributed by atoms with E-state index in [0.29, 0.717) is 23.0 Å². The fourth-order valence-electron chi connectivity index (χ4n) is 2.51. The van der Waals surface area contributed by atoms with Crippen molar-refractivity contribution in [2.45, 2.75) is 27.2 Å². The van der Waals surface area contributed by atoms with Crippen LogP contribution in [0.2, 0.25) is 0 Å². The molecule has 2 heterocycles. The number of rotatable bonds is 2. The van der Waals surface area contributed by atoms with Crippen molar-refractivity contribution in [1.82, 2.24) is 14.6 Å². The van der Waals surface area contributed by atoms with Crippen LogP contribution in [-0.4, -0.2) is 20.5 Å². The Balaban J connectivity index is 1.70. The van der Waals surface area contributed by atoms with Crippen LogP contribution in [0, 0.1) is 11.3 Å². The Bertz CT molecular complexity index is 731. The van der Waals surface area contributed by atoms with Gasteiger partial charge in [-0.15, -0.1) is 0 Å². The number of nitrogens with zero attached hydrogens (tertiary/aromatic N) is 3. The SMILES string of the molecule is CC(C)(C)C1C=CC(C(=O)Nc2cn3ncccc3n2)=CC1. The lowest BCUT2D eigenvalue weighted by Crippen LogP contribution is -2.21. The molecule has 0 spiro atoms. The van der Waals surface area contributed by atoms with Crippen LogP contribution in [-0.2, 0) is 4.79 Å². The Morgan fingerprint density at radius 1 is 1.41 bits per heavy atom. The number of hydrogen-bond donors (Lipinski definition) is 1. The third kappa shape index (κ3) is 2.93. The Labute approximate surface area is 129 Å². The second-order valence-corrected chi connectivity index (χ2v) is 6.63. The van der Waals surface area contributed by atoms with Gasteiger partial charge in [-0.1, -0.05) is 39.0 Å². The van der Waals surface area contributed by atoms with E-state index in [-0.39, 0.29) is 11.3 Å². The highest BCUT2D eigenvalue weighted by Crippen LogP contribution is 2.33. The van der Waals surface area contributed by atoms with Crippen LogP contribution in [0.3, 0.4) is 0 Å². The standard InChI is InChI=1S/C17H20N4O/c1-17(2,3)13-8-6-12(7-9-13)16(22)20-14-11-21-15(19-14)5-4-10-18-21/h4-8,10-11,13H,9H2,1-3H3,(H,20,22). The molecule has 0 saturated heterocycles. The summed E-state index contributed by atoms with van der Waals surface area (Å²) >= 11 is 0. The van der Waals surface area contributed by atoms with Gasteiger partial charge in [0.05, 0.1) is 6.20 Å². The van der Waals surface area contributed by atoms with Crippen molar-refractivity contribution in [2.75, 3.05) is 5.32 Å². The minimum absolute atomic E-state index is 0.132. The van der Waals surface area contributed by atoms with Gasteiger partial charge in [-0.25, -0.2) is 9.50 Å². The molecule has 3 rings (SSSR count). The molecular weight excluding hydrogens is 276 g/mol. The highest BCUT2D eigenvalue weighted by Gasteiger charge is 2.24. The molecule has 1 atom stereocenters. The zero-order chi connectivity index (χ0) is 15.7. The van der Waals surface area contributed by atoms with Crippen LogP contribution >= 0.6 is 0 Å². The Hall–Kier alpha value is -2.43. The van der Waals surface area contributed by atoms with Crippen LogP contribution in [0.15, 0.2) is 48.3 Å². The predicted octanol–water partition coefficient (Wildman–Crippen LogP) is 3.22. The summed E-state index contributed by atoms with van der Waals surface area (Å²) in [6.07, 6.45) is 10.3. The van der Waals surface area contributed by atoms with Crippen molar-refractivity contribution < 1.29 is 4.79 Å². The lowest BCUT2D eigenvalue weighted by Gasteiger charge is -2.29. The second-order valence-electron chi connectivity index (χ2n) is 6.63. The van der Waals surface area contributed by atoms with Gasteiger partial charge < -0.3 is 5.32 Å². The first-order valence-corrected chi connectivity index (χ1v) is 7.43. The van der Waals surface area contributed by atoms with Gasteiger partial charge in [0.2, 0.25) is 0 Å². The lowest BCUT2D eigenvalue weighted by molar-refractivity contribution is -0.112. The van der Waals surface area contributed by atoms with Crippen molar-refractivity contribution >= 4 is 17.4 Å². The van der Waals surface area contributed by atoms with E-state index in [1.807, 2.05) is 24.3 Å². The van der Waals surface area contributed by atoms with Gasteiger partial charge in [0.1, 0.15) is 0 Å². The maximum atomic E-state index is 12.3. The maximum absolute atomic E-state index is 12.3. The summed E-state index contributed by atoms with van der Waals surface area (Å²) in [7, 11) is 0. The van der Waals surface area contributed by atoms with E-state index in [1.165, 1.54) is 0 Å². The number of fused-ring (bicyclic) bond motifs is 1. The van der Waals surface area contributed by atoms with E-state index in [1.54, 1.807) is 16.9 Å². The van der Waals surface area contributed by atoms with E-state index in [9.17, 15) is 4.79 Å². The maximum Gasteiger partial charge on any atom is 0.256 e. The summed E-state index contributed by atoms with van der Waals surface area (Å²) in [5, 5.41) is 6.96. The van der Waals surface area contributed by atoms with Gasteiger partial charge in [-0.05, 0) is 29.9 Å². The molecular formula is C17H20N4O. The highest BCUT2D eigenvalue weighted by molar-refractivity contribution is 6.05. The molecule has 0 saturated carbocycles. The third-order valence-corrected chi connectivity index (χ3v) is 3.95. The summed E-state index contributed by atoms with van der Waals surface area (Å²) in [4.78, 5) is 16.6. The largest absolute Gasteiger partial charge is 0.305 e. The topological polar surface area (TPSA) is 59.3 Å². The Kier molecular flexibility index (Phi) is 3.56. The number of anilines is 1. The number of aromatic nitrogens is 3. The van der Waals surface area contributed by atoms with Crippen molar-refractivity contribution in [1.29, 1.82) is 0 Å². The second kappa shape index (κ2) is 5.40. The van der Waals surface area contributed by atoms with Crippen molar-refractivity contribution in [3.8, 4) is 0 Å². The van der Waals surface area contributed by atoms with Crippen LogP contribution in [0.5, 0.6) is 0 Å². The van der Waals surface area contributed by atoms with Gasteiger partial charge in [0, 0.05) is 11.8 Å². The molecule has 1 aliphatic carbocycles. The quantitative estimate of drug-likeness (QED) is 0.925. The first kappa shape index (κ1) is 14.5. The summed E-state index contributed by atoms with van der Waals surface area (Å²) in [5.74, 6) is 0.839. The number of imidazole rings is 1. The normalized spacial score (nSPS) is 18.3. The first-order chi connectivity index (χ1) is 10.4. The van der Waals surface area contributed by atoms with Crippen molar-refractivity contribution in [2.24, 2.45) is 11.3 Å². The molecule has 0 radical (unpaired) electrons. The molecule has 1 N–H and O–H groups in total. The predicted molar refractivity (Wildman–Crippen MR) is 86.4 cm³/mol. The number of hydrogen-bond acceptors (Lipinski definition) is 3. The summed E-state index contributed by atoms with van der Waals surface area (Å²) in [6, 6.07) is 3.66. The smallest absolute Gasteiger partial charge is 0.256 e. The first-order valence-electron chi connectivity index (χ1n) is 7.43. The lowest BCUT2D eigenvalue weighted by atomic mass is 9.76. The summed E-state index contributed by atoms with van der Waals surface area (Å²) in [6.45, 7) is 6.64. The van der Waals surface area contributed by atoms with E-state index in [0.717, 1.165) is 6.42 Å². The number of amides is 1. The Morgan fingerprint density at radius 3 is 2.86 bits per heavy atom. The Morgan fingerprint density at radius 2 is 2.23 bits per heavy atom.